The summed E-state index contributed by atoms with van der Waals surface area (Å²) >= 11 is 6.37. The van der Waals surface area contributed by atoms with Crippen molar-refractivity contribution >= 4 is 34.1 Å². The van der Waals surface area contributed by atoms with E-state index in [9.17, 15) is 5.26 Å². The van der Waals surface area contributed by atoms with Gasteiger partial charge >= 0.3 is 0 Å². The summed E-state index contributed by atoms with van der Waals surface area (Å²) in [5.41, 5.74) is 8.65. The minimum atomic E-state index is -0.859. The Morgan fingerprint density at radius 3 is 2.23 bits per heavy atom. The molecule has 1 aliphatic carbocycles. The van der Waals surface area contributed by atoms with Crippen molar-refractivity contribution in [3.05, 3.63) is 135 Å². The van der Waals surface area contributed by atoms with Crippen LogP contribution in [0.2, 0.25) is 5.02 Å². The van der Waals surface area contributed by atoms with E-state index in [4.69, 9.17) is 21.1 Å². The van der Waals surface area contributed by atoms with Crippen molar-refractivity contribution in [3.8, 4) is 22.9 Å². The Hall–Kier alpha value is -4.56. The maximum absolute atomic E-state index is 9.70. The number of rotatable bonds is 3. The van der Waals surface area contributed by atoms with E-state index >= 15 is 0 Å². The van der Waals surface area contributed by atoms with Crippen LogP contribution in [-0.2, 0) is 15.8 Å². The summed E-state index contributed by atoms with van der Waals surface area (Å²) in [5.74, 6) is 0.871. The molecule has 1 unspecified atom stereocenters. The smallest absolute Gasteiger partial charge is 0.178 e. The third-order valence-electron chi connectivity index (χ3n) is 9.61. The largest absolute Gasteiger partial charge is 0.472 e. The highest BCUT2D eigenvalue weighted by Crippen LogP contribution is 2.58. The Balaban J connectivity index is 1.35. The molecule has 5 aromatic carbocycles. The van der Waals surface area contributed by atoms with Crippen LogP contribution in [-0.4, -0.2) is 26.3 Å². The van der Waals surface area contributed by atoms with E-state index in [0.29, 0.717) is 10.6 Å². The number of benzene rings is 5. The van der Waals surface area contributed by atoms with E-state index < -0.39 is 5.60 Å². The van der Waals surface area contributed by atoms with Crippen LogP contribution in [0.3, 0.4) is 0 Å². The van der Waals surface area contributed by atoms with Gasteiger partial charge in [0.2, 0.25) is 0 Å². The second kappa shape index (κ2) is 9.99. The second-order valence-electron chi connectivity index (χ2n) is 12.4. The molecule has 0 radical (unpaired) electrons. The van der Waals surface area contributed by atoms with Crippen LogP contribution in [0.5, 0.6) is 5.75 Å². The van der Waals surface area contributed by atoms with Gasteiger partial charge in [-0.2, -0.15) is 5.26 Å². The number of nitriles is 1. The van der Waals surface area contributed by atoms with Crippen LogP contribution in [0.15, 0.2) is 97.1 Å². The predicted molar refractivity (Wildman–Crippen MR) is 178 cm³/mol. The van der Waals surface area contributed by atoms with Gasteiger partial charge < -0.3 is 14.4 Å². The van der Waals surface area contributed by atoms with Crippen molar-refractivity contribution in [1.29, 1.82) is 5.26 Å². The highest BCUT2D eigenvalue weighted by Gasteiger charge is 2.44. The second-order valence-corrected chi connectivity index (χ2v) is 12.8. The minimum absolute atomic E-state index is 0.320. The fourth-order valence-electron chi connectivity index (χ4n) is 7.42. The zero-order valence-corrected chi connectivity index (χ0v) is 25.5. The van der Waals surface area contributed by atoms with Crippen LogP contribution < -0.4 is 9.64 Å². The first-order valence-electron chi connectivity index (χ1n) is 15.1. The van der Waals surface area contributed by atoms with Gasteiger partial charge in [-0.05, 0) is 70.1 Å². The molecule has 3 aliphatic rings. The number of morpholine rings is 1. The van der Waals surface area contributed by atoms with Crippen LogP contribution >= 0.6 is 11.6 Å². The summed E-state index contributed by atoms with van der Waals surface area (Å²) < 4.78 is 13.0. The number of fused-ring (bicyclic) bond motifs is 8. The highest BCUT2D eigenvalue weighted by atomic mass is 35.5. The highest BCUT2D eigenvalue weighted by molar-refractivity contribution is 6.30. The van der Waals surface area contributed by atoms with Gasteiger partial charge in [0.25, 0.3) is 0 Å². The molecule has 0 spiro atoms. The summed E-state index contributed by atoms with van der Waals surface area (Å²) in [5, 5.41) is 12.6. The zero-order valence-electron chi connectivity index (χ0n) is 24.7. The number of halogens is 1. The maximum Gasteiger partial charge on any atom is 0.178 e. The van der Waals surface area contributed by atoms with E-state index in [1.165, 1.54) is 27.9 Å². The number of ether oxygens (including phenoxy) is 2. The van der Waals surface area contributed by atoms with Crippen molar-refractivity contribution in [1.82, 2.24) is 0 Å². The average Bonchev–Trinajstić information content (AvgIpc) is 3.31. The molecule has 2 heterocycles. The molecule has 1 saturated heterocycles. The number of anilines is 1. The molecule has 44 heavy (non-hydrogen) atoms. The quantitative estimate of drug-likeness (QED) is 0.209. The first-order valence-corrected chi connectivity index (χ1v) is 15.5. The fraction of sp³-hybridized carbons (Fsp3) is 0.205. The SMILES string of the molecule is CC1(C)c2cc(C#N)ccc2-c2c1c1c(c3ccccc23)OC(c2ccc(Cl)cc2)(c2ccc(N3CCOCC3)cc2)C=C1. The summed E-state index contributed by atoms with van der Waals surface area (Å²) in [6.45, 7) is 7.77. The first kappa shape index (κ1) is 27.0. The van der Waals surface area contributed by atoms with E-state index in [1.807, 2.05) is 18.2 Å². The van der Waals surface area contributed by atoms with Gasteiger partial charge in [0.05, 0.1) is 24.8 Å². The third-order valence-corrected chi connectivity index (χ3v) is 9.87. The molecule has 5 heteroatoms. The van der Waals surface area contributed by atoms with Crippen molar-refractivity contribution < 1.29 is 9.47 Å². The summed E-state index contributed by atoms with van der Waals surface area (Å²) in [6, 6.07) is 33.7. The van der Waals surface area contributed by atoms with Gasteiger partial charge in [0.15, 0.2) is 5.60 Å². The number of hydrogen-bond donors (Lipinski definition) is 0. The molecular formula is C39H31ClN2O2. The van der Waals surface area contributed by atoms with Crippen molar-refractivity contribution in [2.24, 2.45) is 0 Å². The van der Waals surface area contributed by atoms with Crippen molar-refractivity contribution in [3.63, 3.8) is 0 Å². The molecule has 216 valence electrons. The zero-order chi connectivity index (χ0) is 30.1. The Kier molecular flexibility index (Phi) is 6.14. The van der Waals surface area contributed by atoms with E-state index in [0.717, 1.165) is 59.5 Å². The molecule has 2 aliphatic heterocycles. The summed E-state index contributed by atoms with van der Waals surface area (Å²) in [7, 11) is 0. The monoisotopic (exact) mass is 594 g/mol. The Labute approximate surface area is 262 Å². The fourth-order valence-corrected chi connectivity index (χ4v) is 7.55. The van der Waals surface area contributed by atoms with Gasteiger partial charge in [-0.15, -0.1) is 0 Å². The summed E-state index contributed by atoms with van der Waals surface area (Å²) in [6.07, 6.45) is 4.46. The van der Waals surface area contributed by atoms with Crippen LogP contribution in [0, 0.1) is 11.3 Å². The van der Waals surface area contributed by atoms with Crippen molar-refractivity contribution in [2.45, 2.75) is 24.9 Å². The van der Waals surface area contributed by atoms with Crippen LogP contribution in [0.25, 0.3) is 28.0 Å². The molecule has 1 atom stereocenters. The molecule has 5 aromatic rings. The molecule has 1 fully saturated rings. The lowest BCUT2D eigenvalue weighted by molar-refractivity contribution is 0.122. The third kappa shape index (κ3) is 3.93. The molecule has 0 aromatic heterocycles. The Morgan fingerprint density at radius 1 is 0.841 bits per heavy atom. The normalized spacial score (nSPS) is 19.5. The first-order chi connectivity index (χ1) is 21.4. The van der Waals surface area contributed by atoms with E-state index in [2.05, 4.69) is 110 Å². The average molecular weight is 595 g/mol. The van der Waals surface area contributed by atoms with Gasteiger partial charge in [-0.3, -0.25) is 0 Å². The lowest BCUT2D eigenvalue weighted by Gasteiger charge is -2.38. The van der Waals surface area contributed by atoms with E-state index in [1.54, 1.807) is 0 Å². The molecule has 4 nitrogen and oxygen atoms in total. The van der Waals surface area contributed by atoms with Crippen LogP contribution in [0.1, 0.15) is 47.2 Å². The topological polar surface area (TPSA) is 45.5 Å². The van der Waals surface area contributed by atoms with Crippen molar-refractivity contribution in [2.75, 3.05) is 31.2 Å². The number of hydrogen-bond acceptors (Lipinski definition) is 4. The number of nitrogens with zero attached hydrogens (tertiary/aromatic N) is 2. The Bertz CT molecular complexity index is 2020. The minimum Gasteiger partial charge on any atom is -0.472 e. The molecular weight excluding hydrogens is 564 g/mol. The molecule has 0 amide bonds. The molecule has 8 rings (SSSR count). The van der Waals surface area contributed by atoms with Crippen LogP contribution in [0.4, 0.5) is 5.69 Å². The van der Waals surface area contributed by atoms with E-state index in [-0.39, 0.29) is 5.41 Å². The van der Waals surface area contributed by atoms with Gasteiger partial charge in [0.1, 0.15) is 5.75 Å². The predicted octanol–water partition coefficient (Wildman–Crippen LogP) is 8.86. The standard InChI is InChI=1S/C39H31ClN2O2/c1-38(2)34-23-25(24-41)7-16-32(34)35-30-5-3-4-6-31(30)37-33(36(35)38)17-18-39(44-37,26-8-12-28(40)13-9-26)27-10-14-29(15-11-27)42-19-21-43-22-20-42/h3-18,23H,19-22H2,1-2H3. The summed E-state index contributed by atoms with van der Waals surface area (Å²) in [4.78, 5) is 2.36. The van der Waals surface area contributed by atoms with Gasteiger partial charge in [-0.1, -0.05) is 86.1 Å². The molecule has 0 saturated carbocycles. The molecule has 0 N–H and O–H groups in total. The lowest BCUT2D eigenvalue weighted by atomic mass is 9.76. The lowest BCUT2D eigenvalue weighted by Crippen LogP contribution is -2.37. The maximum atomic E-state index is 9.70. The molecule has 0 bridgehead atoms. The van der Waals surface area contributed by atoms with Gasteiger partial charge in [-0.25, -0.2) is 0 Å². The Morgan fingerprint density at radius 2 is 1.52 bits per heavy atom. The van der Waals surface area contributed by atoms with Gasteiger partial charge in [0, 0.05) is 51.3 Å².